The van der Waals surface area contributed by atoms with Crippen molar-refractivity contribution in [2.24, 2.45) is 0 Å². The zero-order valence-corrected chi connectivity index (χ0v) is 22.0. The summed E-state index contributed by atoms with van der Waals surface area (Å²) in [5.41, 5.74) is 9.17. The minimum absolute atomic E-state index is 0.130. The van der Waals surface area contributed by atoms with Gasteiger partial charge in [-0.05, 0) is 75.7 Å². The van der Waals surface area contributed by atoms with Crippen LogP contribution in [0.1, 0.15) is 68.2 Å². The minimum atomic E-state index is -0.405. The van der Waals surface area contributed by atoms with E-state index in [1.165, 1.54) is 51.3 Å². The number of likely N-dealkylation sites (tertiary alicyclic amines) is 1. The Morgan fingerprint density at radius 2 is 1.73 bits per heavy atom. The zero-order valence-electron chi connectivity index (χ0n) is 21.3. The van der Waals surface area contributed by atoms with Crippen molar-refractivity contribution >= 4 is 23.2 Å². The van der Waals surface area contributed by atoms with Crippen LogP contribution in [-0.2, 0) is 6.54 Å². The molecule has 0 bridgehead atoms. The van der Waals surface area contributed by atoms with Crippen molar-refractivity contribution in [3.8, 4) is 11.3 Å². The molecule has 4 heterocycles. The van der Waals surface area contributed by atoms with Crippen LogP contribution in [-0.4, -0.2) is 57.1 Å². The minimum Gasteiger partial charge on any atom is -0.383 e. The van der Waals surface area contributed by atoms with Crippen molar-refractivity contribution in [1.29, 1.82) is 0 Å². The maximum absolute atomic E-state index is 13.8. The summed E-state index contributed by atoms with van der Waals surface area (Å²) in [5, 5.41) is 0.130. The Bertz CT molecular complexity index is 1240. The topological polar surface area (TPSA) is 76.1 Å². The molecular weight excluding hydrogens is 489 g/mol. The number of hydrogen-bond acceptors (Lipinski definition) is 6. The van der Waals surface area contributed by atoms with Crippen LogP contribution in [0.4, 0.5) is 16.0 Å². The van der Waals surface area contributed by atoms with E-state index in [4.69, 9.17) is 22.3 Å². The molecule has 0 unspecified atom stereocenters. The number of nitrogens with zero attached hydrogens (tertiary/aromatic N) is 6. The smallest absolute Gasteiger partial charge is 0.141 e. The quantitative estimate of drug-likeness (QED) is 0.443. The van der Waals surface area contributed by atoms with Gasteiger partial charge in [0.25, 0.3) is 0 Å². The van der Waals surface area contributed by atoms with E-state index in [-0.39, 0.29) is 5.02 Å². The molecule has 3 fully saturated rings. The first kappa shape index (κ1) is 24.6. The molecule has 1 aliphatic carbocycles. The number of hydrogen-bond donors (Lipinski definition) is 1. The molecule has 0 amide bonds. The van der Waals surface area contributed by atoms with Crippen LogP contribution in [0.15, 0.2) is 30.7 Å². The Balaban J connectivity index is 1.23. The van der Waals surface area contributed by atoms with E-state index < -0.39 is 5.82 Å². The molecule has 7 nitrogen and oxygen atoms in total. The molecule has 2 N–H and O–H groups in total. The highest BCUT2D eigenvalue weighted by atomic mass is 35.5. The molecule has 6 rings (SSSR count). The van der Waals surface area contributed by atoms with Gasteiger partial charge in [0.1, 0.15) is 29.6 Å². The van der Waals surface area contributed by atoms with Crippen molar-refractivity contribution in [2.45, 2.75) is 63.3 Å². The van der Waals surface area contributed by atoms with E-state index in [1.807, 2.05) is 0 Å². The van der Waals surface area contributed by atoms with E-state index in [0.717, 1.165) is 67.5 Å². The van der Waals surface area contributed by atoms with Gasteiger partial charge >= 0.3 is 0 Å². The predicted molar refractivity (Wildman–Crippen MR) is 146 cm³/mol. The molecule has 196 valence electrons. The lowest BCUT2D eigenvalue weighted by molar-refractivity contribution is 0.317. The molecule has 1 aromatic carbocycles. The molecular formula is C28H35ClFN7. The molecule has 2 saturated heterocycles. The van der Waals surface area contributed by atoms with Crippen LogP contribution in [0.25, 0.3) is 11.3 Å². The van der Waals surface area contributed by atoms with Gasteiger partial charge < -0.3 is 20.1 Å². The highest BCUT2D eigenvalue weighted by molar-refractivity contribution is 6.31. The maximum atomic E-state index is 13.8. The first-order chi connectivity index (χ1) is 18.1. The molecule has 3 aliphatic rings. The maximum Gasteiger partial charge on any atom is 0.141 e. The molecule has 37 heavy (non-hydrogen) atoms. The van der Waals surface area contributed by atoms with Crippen molar-refractivity contribution < 1.29 is 4.39 Å². The fourth-order valence-electron chi connectivity index (χ4n) is 6.07. The van der Waals surface area contributed by atoms with Gasteiger partial charge in [-0.25, -0.2) is 19.3 Å². The Hall–Kier alpha value is -2.71. The van der Waals surface area contributed by atoms with Gasteiger partial charge in [-0.15, -0.1) is 0 Å². The number of aromatic nitrogens is 4. The number of nitrogens with two attached hydrogens (primary N) is 1. The summed E-state index contributed by atoms with van der Waals surface area (Å²) in [5.74, 6) is 3.22. The largest absolute Gasteiger partial charge is 0.383 e. The second-order valence-electron chi connectivity index (χ2n) is 10.7. The number of anilines is 2. The number of halogens is 2. The summed E-state index contributed by atoms with van der Waals surface area (Å²) in [6.45, 7) is 6.11. The SMILES string of the molecule is Nc1ncnc(N2CCC(c3nc(-c4ccc(F)c(Cl)c4)cn3CCN3CCCC3)CC2)c1C1CCC1. The van der Waals surface area contributed by atoms with Crippen molar-refractivity contribution in [1.82, 2.24) is 24.4 Å². The van der Waals surface area contributed by atoms with Gasteiger partial charge in [0.15, 0.2) is 0 Å². The Morgan fingerprint density at radius 3 is 2.43 bits per heavy atom. The van der Waals surface area contributed by atoms with Crippen molar-refractivity contribution in [3.63, 3.8) is 0 Å². The third-order valence-electron chi connectivity index (χ3n) is 8.45. The van der Waals surface area contributed by atoms with Gasteiger partial charge in [0.2, 0.25) is 0 Å². The third-order valence-corrected chi connectivity index (χ3v) is 8.73. The lowest BCUT2D eigenvalue weighted by Gasteiger charge is -2.36. The van der Waals surface area contributed by atoms with E-state index in [0.29, 0.717) is 17.7 Å². The van der Waals surface area contributed by atoms with Crippen LogP contribution < -0.4 is 10.6 Å². The van der Waals surface area contributed by atoms with Gasteiger partial charge in [0.05, 0.1) is 10.7 Å². The molecule has 0 spiro atoms. The standard InChI is InChI=1S/C28H35ClFN7/c29-22-16-21(6-7-23(22)30)24-17-37(15-14-35-10-1-2-11-35)27(34-24)20-8-12-36(13-9-20)28-25(19-4-3-5-19)26(31)32-18-33-28/h6-7,16-20H,1-5,8-15H2,(H2,31,32,33). The number of benzene rings is 1. The summed E-state index contributed by atoms with van der Waals surface area (Å²) in [7, 11) is 0. The monoisotopic (exact) mass is 523 g/mol. The van der Waals surface area contributed by atoms with Crippen LogP contribution in [0, 0.1) is 5.82 Å². The second kappa shape index (κ2) is 10.6. The molecule has 0 atom stereocenters. The van der Waals surface area contributed by atoms with Gasteiger partial charge in [-0.2, -0.15) is 0 Å². The fourth-order valence-corrected chi connectivity index (χ4v) is 6.26. The van der Waals surface area contributed by atoms with Crippen molar-refractivity contribution in [3.05, 3.63) is 53.0 Å². The van der Waals surface area contributed by atoms with Crippen LogP contribution in [0.3, 0.4) is 0 Å². The lowest BCUT2D eigenvalue weighted by Crippen LogP contribution is -2.36. The first-order valence-electron chi connectivity index (χ1n) is 13.7. The molecule has 2 aliphatic heterocycles. The predicted octanol–water partition coefficient (Wildman–Crippen LogP) is 5.46. The Kier molecular flexibility index (Phi) is 7.04. The molecule has 0 radical (unpaired) electrons. The normalized spacial score (nSPS) is 19.5. The third kappa shape index (κ3) is 5.06. The number of nitrogen functional groups attached to an aromatic ring is 1. The molecule has 2 aromatic heterocycles. The Labute approximate surface area is 222 Å². The fraction of sp³-hybridized carbons (Fsp3) is 0.536. The molecule has 9 heteroatoms. The van der Waals surface area contributed by atoms with E-state index >= 15 is 0 Å². The zero-order chi connectivity index (χ0) is 25.4. The highest BCUT2D eigenvalue weighted by Crippen LogP contribution is 2.43. The molecule has 3 aromatic rings. The highest BCUT2D eigenvalue weighted by Gasteiger charge is 2.31. The van der Waals surface area contributed by atoms with Crippen molar-refractivity contribution in [2.75, 3.05) is 43.4 Å². The van der Waals surface area contributed by atoms with Crippen LogP contribution >= 0.6 is 11.6 Å². The van der Waals surface area contributed by atoms with Gasteiger partial charge in [-0.3, -0.25) is 0 Å². The van der Waals surface area contributed by atoms with Gasteiger partial charge in [0, 0.05) is 49.4 Å². The summed E-state index contributed by atoms with van der Waals surface area (Å²) in [6.07, 6.45) is 11.9. The molecule has 1 saturated carbocycles. The van der Waals surface area contributed by atoms with E-state index in [9.17, 15) is 4.39 Å². The summed E-state index contributed by atoms with van der Waals surface area (Å²) < 4.78 is 16.1. The summed E-state index contributed by atoms with van der Waals surface area (Å²) in [6, 6.07) is 4.87. The average molecular weight is 524 g/mol. The van der Waals surface area contributed by atoms with Gasteiger partial charge in [-0.1, -0.05) is 18.0 Å². The summed E-state index contributed by atoms with van der Waals surface area (Å²) in [4.78, 5) is 19.0. The lowest BCUT2D eigenvalue weighted by atomic mass is 9.80. The van der Waals surface area contributed by atoms with E-state index in [2.05, 4.69) is 30.5 Å². The second-order valence-corrected chi connectivity index (χ2v) is 11.1. The van der Waals surface area contributed by atoms with E-state index in [1.54, 1.807) is 18.5 Å². The number of imidazole rings is 1. The average Bonchev–Trinajstić information content (AvgIpc) is 3.55. The summed E-state index contributed by atoms with van der Waals surface area (Å²) >= 11 is 6.10. The number of rotatable bonds is 7. The first-order valence-corrected chi connectivity index (χ1v) is 14.0. The van der Waals surface area contributed by atoms with Crippen LogP contribution in [0.2, 0.25) is 5.02 Å². The Morgan fingerprint density at radius 1 is 0.946 bits per heavy atom. The number of piperidine rings is 1. The van der Waals surface area contributed by atoms with Crippen LogP contribution in [0.5, 0.6) is 0 Å².